The molecule has 0 atom stereocenters. The van der Waals surface area contributed by atoms with Gasteiger partial charge in [0, 0.05) is 11.3 Å². The van der Waals surface area contributed by atoms with E-state index in [-0.39, 0.29) is 12.4 Å². The molecule has 0 bridgehead atoms. The Bertz CT molecular complexity index is 615. The number of hydrogen-bond donors (Lipinski definition) is 0. The van der Waals surface area contributed by atoms with E-state index in [4.69, 9.17) is 9.47 Å². The van der Waals surface area contributed by atoms with Crippen LogP contribution in [0.4, 0.5) is 0 Å². The summed E-state index contributed by atoms with van der Waals surface area (Å²) in [5, 5.41) is 4.49. The molecule has 0 saturated heterocycles. The minimum Gasteiger partial charge on any atom is -0.497 e. The normalized spacial score (nSPS) is 10.4. The van der Waals surface area contributed by atoms with E-state index in [1.165, 1.54) is 7.11 Å². The number of aromatic nitrogens is 2. The third-order valence-corrected chi connectivity index (χ3v) is 3.31. The lowest BCUT2D eigenvalue weighted by molar-refractivity contribution is -0.139. The number of carbonyl (C=O) groups is 1. The molecule has 0 radical (unpaired) electrons. The first-order valence-electron chi connectivity index (χ1n) is 6.33. The Morgan fingerprint density at radius 1 is 1.20 bits per heavy atom. The number of carbonyl (C=O) groups excluding carboxylic acids is 1. The van der Waals surface area contributed by atoms with Crippen LogP contribution in [-0.4, -0.2) is 30.0 Å². The van der Waals surface area contributed by atoms with E-state index in [1.807, 2.05) is 42.8 Å². The van der Waals surface area contributed by atoms with Gasteiger partial charge >= 0.3 is 5.97 Å². The number of methoxy groups -OCH3 is 2. The summed E-state index contributed by atoms with van der Waals surface area (Å²) < 4.78 is 11.7. The van der Waals surface area contributed by atoms with E-state index < -0.39 is 0 Å². The van der Waals surface area contributed by atoms with Crippen molar-refractivity contribution < 1.29 is 14.3 Å². The summed E-state index contributed by atoms with van der Waals surface area (Å²) >= 11 is 0. The van der Waals surface area contributed by atoms with Crippen LogP contribution in [-0.2, 0) is 16.0 Å². The minimum atomic E-state index is -0.259. The predicted molar refractivity (Wildman–Crippen MR) is 75.3 cm³/mol. The molecule has 2 rings (SSSR count). The number of rotatable bonds is 4. The van der Waals surface area contributed by atoms with Crippen LogP contribution >= 0.6 is 0 Å². The second kappa shape index (κ2) is 5.77. The average Bonchev–Trinajstić information content (AvgIpc) is 2.75. The van der Waals surface area contributed by atoms with Crippen LogP contribution in [0.5, 0.6) is 5.75 Å². The van der Waals surface area contributed by atoms with Crippen molar-refractivity contribution in [1.82, 2.24) is 9.78 Å². The number of benzene rings is 1. The van der Waals surface area contributed by atoms with Crippen molar-refractivity contribution in [1.29, 1.82) is 0 Å². The van der Waals surface area contributed by atoms with Gasteiger partial charge in [-0.3, -0.25) is 4.79 Å². The summed E-state index contributed by atoms with van der Waals surface area (Å²) in [5.41, 5.74) is 3.62. The lowest BCUT2D eigenvalue weighted by Gasteiger charge is -2.06. The van der Waals surface area contributed by atoms with Crippen LogP contribution in [0.2, 0.25) is 0 Å². The van der Waals surface area contributed by atoms with Gasteiger partial charge in [0.2, 0.25) is 0 Å². The van der Waals surface area contributed by atoms with Gasteiger partial charge in [-0.15, -0.1) is 0 Å². The molecule has 5 nitrogen and oxygen atoms in total. The van der Waals surface area contributed by atoms with Gasteiger partial charge in [-0.1, -0.05) is 0 Å². The van der Waals surface area contributed by atoms with Gasteiger partial charge in [0.15, 0.2) is 0 Å². The Balaban J connectivity index is 2.37. The molecule has 1 aromatic heterocycles. The molecule has 106 valence electrons. The molecule has 0 N–H and O–H groups in total. The van der Waals surface area contributed by atoms with Crippen LogP contribution in [0.3, 0.4) is 0 Å². The van der Waals surface area contributed by atoms with Gasteiger partial charge in [0.1, 0.15) is 5.75 Å². The van der Waals surface area contributed by atoms with Crippen molar-refractivity contribution in [2.45, 2.75) is 20.3 Å². The summed E-state index contributed by atoms with van der Waals surface area (Å²) in [6, 6.07) is 7.62. The van der Waals surface area contributed by atoms with Gasteiger partial charge in [-0.25, -0.2) is 4.68 Å². The second-order valence-corrected chi connectivity index (χ2v) is 4.51. The molecule has 0 fully saturated rings. The predicted octanol–water partition coefficient (Wildman–Crippen LogP) is 2.21. The van der Waals surface area contributed by atoms with E-state index in [9.17, 15) is 4.79 Å². The maximum absolute atomic E-state index is 11.4. The van der Waals surface area contributed by atoms with E-state index in [2.05, 4.69) is 5.10 Å². The number of nitrogens with zero attached hydrogens (tertiary/aromatic N) is 2. The number of aryl methyl sites for hydroxylation is 1. The highest BCUT2D eigenvalue weighted by molar-refractivity contribution is 5.73. The first-order valence-corrected chi connectivity index (χ1v) is 6.33. The molecule has 5 heteroatoms. The fourth-order valence-electron chi connectivity index (χ4n) is 2.12. The Labute approximate surface area is 118 Å². The third-order valence-electron chi connectivity index (χ3n) is 3.31. The maximum atomic E-state index is 11.4. The molecule has 0 spiro atoms. The molecule has 0 unspecified atom stereocenters. The SMILES string of the molecule is COC(=O)Cc1c(C)nn(-c2ccc(OC)cc2)c1C. The summed E-state index contributed by atoms with van der Waals surface area (Å²) in [6.45, 7) is 3.84. The largest absolute Gasteiger partial charge is 0.497 e. The Kier molecular flexibility index (Phi) is 4.08. The van der Waals surface area contributed by atoms with Gasteiger partial charge in [-0.05, 0) is 38.1 Å². The Morgan fingerprint density at radius 2 is 1.85 bits per heavy atom. The van der Waals surface area contributed by atoms with E-state index >= 15 is 0 Å². The van der Waals surface area contributed by atoms with Crippen LogP contribution in [0.25, 0.3) is 5.69 Å². The van der Waals surface area contributed by atoms with Crippen LogP contribution in [0.1, 0.15) is 17.0 Å². The molecule has 20 heavy (non-hydrogen) atoms. The van der Waals surface area contributed by atoms with E-state index in [0.717, 1.165) is 28.4 Å². The lowest BCUT2D eigenvalue weighted by Crippen LogP contribution is -2.06. The first-order chi connectivity index (χ1) is 9.56. The average molecular weight is 274 g/mol. The molecular formula is C15H18N2O3. The number of ether oxygens (including phenoxy) is 2. The molecule has 2 aromatic rings. The molecule has 0 amide bonds. The van der Waals surface area contributed by atoms with Crippen molar-refractivity contribution in [2.24, 2.45) is 0 Å². The van der Waals surface area contributed by atoms with Gasteiger partial charge < -0.3 is 9.47 Å². The second-order valence-electron chi connectivity index (χ2n) is 4.51. The minimum absolute atomic E-state index is 0.240. The monoisotopic (exact) mass is 274 g/mol. The fourth-order valence-corrected chi connectivity index (χ4v) is 2.12. The lowest BCUT2D eigenvalue weighted by atomic mass is 10.1. The van der Waals surface area contributed by atoms with Crippen LogP contribution in [0.15, 0.2) is 24.3 Å². The standard InChI is InChI=1S/C15H18N2O3/c1-10-14(9-15(18)20-4)11(2)17(16-10)12-5-7-13(19-3)8-6-12/h5-8H,9H2,1-4H3. The van der Waals surface area contributed by atoms with Crippen molar-refractivity contribution in [3.05, 3.63) is 41.2 Å². The van der Waals surface area contributed by atoms with Crippen LogP contribution < -0.4 is 4.74 Å². The Hall–Kier alpha value is -2.30. The van der Waals surface area contributed by atoms with Crippen molar-refractivity contribution >= 4 is 5.97 Å². The first kappa shape index (κ1) is 14.1. The summed E-state index contributed by atoms with van der Waals surface area (Å²) in [5.74, 6) is 0.538. The molecule has 1 heterocycles. The number of hydrogen-bond acceptors (Lipinski definition) is 4. The topological polar surface area (TPSA) is 53.3 Å². The summed E-state index contributed by atoms with van der Waals surface area (Å²) in [7, 11) is 3.02. The number of esters is 1. The zero-order valence-electron chi connectivity index (χ0n) is 12.1. The maximum Gasteiger partial charge on any atom is 0.310 e. The van der Waals surface area contributed by atoms with E-state index in [0.29, 0.717) is 0 Å². The highest BCUT2D eigenvalue weighted by Crippen LogP contribution is 2.20. The van der Waals surface area contributed by atoms with Crippen molar-refractivity contribution in [3.8, 4) is 11.4 Å². The van der Waals surface area contributed by atoms with Crippen molar-refractivity contribution in [3.63, 3.8) is 0 Å². The molecular weight excluding hydrogens is 256 g/mol. The van der Waals surface area contributed by atoms with Crippen molar-refractivity contribution in [2.75, 3.05) is 14.2 Å². The quantitative estimate of drug-likeness (QED) is 0.802. The summed E-state index contributed by atoms with van der Waals surface area (Å²) in [4.78, 5) is 11.4. The van der Waals surface area contributed by atoms with Gasteiger partial charge in [0.05, 0.1) is 32.0 Å². The van der Waals surface area contributed by atoms with Gasteiger partial charge in [0.25, 0.3) is 0 Å². The highest BCUT2D eigenvalue weighted by atomic mass is 16.5. The van der Waals surface area contributed by atoms with Gasteiger partial charge in [-0.2, -0.15) is 5.10 Å². The molecule has 0 aliphatic carbocycles. The smallest absolute Gasteiger partial charge is 0.310 e. The molecule has 1 aromatic carbocycles. The zero-order valence-corrected chi connectivity index (χ0v) is 12.1. The van der Waals surface area contributed by atoms with Crippen LogP contribution in [0, 0.1) is 13.8 Å². The highest BCUT2D eigenvalue weighted by Gasteiger charge is 2.16. The molecule has 0 aliphatic rings. The Morgan fingerprint density at radius 3 is 2.40 bits per heavy atom. The third kappa shape index (κ3) is 2.66. The molecule has 0 aliphatic heterocycles. The summed E-state index contributed by atoms with van der Waals surface area (Å²) in [6.07, 6.45) is 0.240. The zero-order chi connectivity index (χ0) is 14.7. The molecule has 0 saturated carbocycles. The fraction of sp³-hybridized carbons (Fsp3) is 0.333. The van der Waals surface area contributed by atoms with E-state index in [1.54, 1.807) is 7.11 Å².